The summed E-state index contributed by atoms with van der Waals surface area (Å²) in [5, 5.41) is 13.4. The van der Waals surface area contributed by atoms with Gasteiger partial charge in [0.25, 0.3) is 5.91 Å². The summed E-state index contributed by atoms with van der Waals surface area (Å²) >= 11 is 11.9. The second kappa shape index (κ2) is 6.10. The van der Waals surface area contributed by atoms with E-state index in [2.05, 4.69) is 10.3 Å². The Morgan fingerprint density at radius 3 is 2.74 bits per heavy atom. The van der Waals surface area contributed by atoms with Crippen LogP contribution in [0.5, 0.6) is 5.75 Å². The number of rotatable bonds is 3. The van der Waals surface area contributed by atoms with E-state index >= 15 is 0 Å². The van der Waals surface area contributed by atoms with E-state index in [0.29, 0.717) is 33.5 Å². The molecule has 0 bridgehead atoms. The van der Waals surface area contributed by atoms with Crippen LogP contribution in [0.2, 0.25) is 10.0 Å². The molecule has 23 heavy (non-hydrogen) atoms. The third-order valence-corrected chi connectivity index (χ3v) is 3.87. The van der Waals surface area contributed by atoms with E-state index in [1.54, 1.807) is 22.7 Å². The smallest absolute Gasteiger partial charge is 0.274 e. The molecule has 1 amide bonds. The molecule has 3 aromatic rings. The summed E-state index contributed by atoms with van der Waals surface area (Å²) in [5.41, 5.74) is 1.89. The molecule has 0 saturated carbocycles. The highest BCUT2D eigenvalue weighted by molar-refractivity contribution is 6.31. The molecule has 5 nitrogen and oxygen atoms in total. The van der Waals surface area contributed by atoms with Crippen molar-refractivity contribution in [3.8, 4) is 5.75 Å². The molecule has 0 atom stereocenters. The molecule has 2 N–H and O–H groups in total. The molecule has 2 aromatic heterocycles. The molecule has 0 aliphatic rings. The largest absolute Gasteiger partial charge is 0.506 e. The average Bonchev–Trinajstić information content (AvgIpc) is 2.88. The molecule has 0 saturated heterocycles. The van der Waals surface area contributed by atoms with Gasteiger partial charge >= 0.3 is 0 Å². The highest BCUT2D eigenvalue weighted by Gasteiger charge is 2.19. The molecule has 0 aliphatic carbocycles. The van der Waals surface area contributed by atoms with Gasteiger partial charge in [-0.15, -0.1) is 0 Å². The number of hydrogen-bond donors (Lipinski definition) is 2. The highest BCUT2D eigenvalue weighted by Crippen LogP contribution is 2.27. The summed E-state index contributed by atoms with van der Waals surface area (Å²) in [7, 11) is 0. The van der Waals surface area contributed by atoms with Gasteiger partial charge in [-0.25, -0.2) is 4.98 Å². The van der Waals surface area contributed by atoms with Crippen LogP contribution in [0, 0.1) is 0 Å². The van der Waals surface area contributed by atoms with Crippen LogP contribution in [0.3, 0.4) is 0 Å². The number of phenols is 1. The molecule has 2 heterocycles. The number of pyridine rings is 1. The van der Waals surface area contributed by atoms with Gasteiger partial charge in [-0.2, -0.15) is 0 Å². The second-order valence-electron chi connectivity index (χ2n) is 4.95. The number of benzene rings is 1. The first-order chi connectivity index (χ1) is 11.0. The number of aryl methyl sites for hydroxylation is 1. The summed E-state index contributed by atoms with van der Waals surface area (Å²) in [4.78, 5) is 17.1. The van der Waals surface area contributed by atoms with Gasteiger partial charge in [0.15, 0.2) is 0 Å². The Morgan fingerprint density at radius 1 is 1.26 bits per heavy atom. The van der Waals surface area contributed by atoms with Crippen molar-refractivity contribution in [1.29, 1.82) is 0 Å². The summed E-state index contributed by atoms with van der Waals surface area (Å²) in [6.45, 7) is 1.91. The van der Waals surface area contributed by atoms with Crippen molar-refractivity contribution < 1.29 is 9.90 Å². The fourth-order valence-electron chi connectivity index (χ4n) is 2.34. The van der Waals surface area contributed by atoms with Gasteiger partial charge in [-0.05, 0) is 36.8 Å². The van der Waals surface area contributed by atoms with Crippen molar-refractivity contribution in [2.75, 3.05) is 5.32 Å². The van der Waals surface area contributed by atoms with Crippen molar-refractivity contribution in [3.05, 3.63) is 58.0 Å². The monoisotopic (exact) mass is 349 g/mol. The van der Waals surface area contributed by atoms with Crippen LogP contribution in [-0.2, 0) is 6.42 Å². The number of imidazole rings is 1. The number of amides is 1. The Balaban J connectivity index is 2.06. The summed E-state index contributed by atoms with van der Waals surface area (Å²) in [6, 6.07) is 7.90. The number of carbonyl (C=O) groups excluding carboxylic acids is 1. The van der Waals surface area contributed by atoms with Crippen LogP contribution in [0.4, 0.5) is 5.69 Å². The number of nitrogens with one attached hydrogen (secondary N) is 1. The Labute approximate surface area is 142 Å². The van der Waals surface area contributed by atoms with Crippen molar-refractivity contribution in [1.82, 2.24) is 9.38 Å². The highest BCUT2D eigenvalue weighted by atomic mass is 35.5. The third-order valence-electron chi connectivity index (χ3n) is 3.41. The van der Waals surface area contributed by atoms with Gasteiger partial charge in [0.1, 0.15) is 17.1 Å². The Morgan fingerprint density at radius 2 is 2.00 bits per heavy atom. The number of fused-ring (bicyclic) bond motifs is 1. The molecule has 0 spiro atoms. The topological polar surface area (TPSA) is 66.6 Å². The predicted molar refractivity (Wildman–Crippen MR) is 90.7 cm³/mol. The van der Waals surface area contributed by atoms with E-state index in [4.69, 9.17) is 23.2 Å². The first kappa shape index (κ1) is 15.6. The number of phenolic OH excluding ortho intramolecular Hbond substituents is 1. The number of aromatic hydroxyl groups is 1. The Hall–Kier alpha value is -2.24. The quantitative estimate of drug-likeness (QED) is 0.697. The molecule has 0 aliphatic heterocycles. The van der Waals surface area contributed by atoms with E-state index in [-0.39, 0.29) is 11.4 Å². The van der Waals surface area contributed by atoms with Gasteiger partial charge in [-0.1, -0.05) is 30.1 Å². The molecule has 118 valence electrons. The lowest BCUT2D eigenvalue weighted by Gasteiger charge is -2.09. The minimum absolute atomic E-state index is 0.0624. The molecule has 3 rings (SSSR count). The second-order valence-corrected chi connectivity index (χ2v) is 5.82. The lowest BCUT2D eigenvalue weighted by molar-refractivity contribution is 0.102. The van der Waals surface area contributed by atoms with Crippen LogP contribution in [0.1, 0.15) is 23.1 Å². The first-order valence-corrected chi connectivity index (χ1v) is 7.71. The van der Waals surface area contributed by atoms with Crippen LogP contribution in [0.15, 0.2) is 36.5 Å². The minimum atomic E-state index is -0.394. The van der Waals surface area contributed by atoms with Gasteiger partial charge in [0.2, 0.25) is 0 Å². The summed E-state index contributed by atoms with van der Waals surface area (Å²) in [5.74, 6) is -0.457. The predicted octanol–water partition coefficient (Wildman–Crippen LogP) is 4.16. The lowest BCUT2D eigenvalue weighted by atomic mass is 10.2. The van der Waals surface area contributed by atoms with E-state index in [1.165, 1.54) is 18.2 Å². The third kappa shape index (κ3) is 2.98. The van der Waals surface area contributed by atoms with Crippen molar-refractivity contribution in [2.45, 2.75) is 13.3 Å². The SMILES string of the molecule is CCc1nc2ccc(Cl)cn2c1C(=O)Nc1cc(Cl)ccc1O. The van der Waals surface area contributed by atoms with Gasteiger partial charge in [0, 0.05) is 11.2 Å². The fourth-order valence-corrected chi connectivity index (χ4v) is 2.68. The van der Waals surface area contributed by atoms with E-state index in [0.717, 1.165) is 0 Å². The first-order valence-electron chi connectivity index (χ1n) is 6.96. The summed E-state index contributed by atoms with van der Waals surface area (Å²) < 4.78 is 1.64. The molecular formula is C16H13Cl2N3O2. The lowest BCUT2D eigenvalue weighted by Crippen LogP contribution is -2.16. The van der Waals surface area contributed by atoms with Crippen molar-refractivity contribution in [2.24, 2.45) is 0 Å². The molecule has 1 aromatic carbocycles. The van der Waals surface area contributed by atoms with Gasteiger partial charge in [-0.3, -0.25) is 9.20 Å². The number of anilines is 1. The van der Waals surface area contributed by atoms with E-state index in [1.807, 2.05) is 6.92 Å². The zero-order chi connectivity index (χ0) is 16.6. The van der Waals surface area contributed by atoms with Crippen molar-refractivity contribution in [3.63, 3.8) is 0 Å². The number of carbonyl (C=O) groups is 1. The van der Waals surface area contributed by atoms with Crippen LogP contribution in [0.25, 0.3) is 5.65 Å². The molecule has 0 fully saturated rings. The minimum Gasteiger partial charge on any atom is -0.506 e. The molecule has 0 radical (unpaired) electrons. The maximum absolute atomic E-state index is 12.7. The van der Waals surface area contributed by atoms with E-state index in [9.17, 15) is 9.90 Å². The summed E-state index contributed by atoms with van der Waals surface area (Å²) in [6.07, 6.45) is 2.22. The number of nitrogens with zero attached hydrogens (tertiary/aromatic N) is 2. The number of hydrogen-bond acceptors (Lipinski definition) is 3. The Bertz CT molecular complexity index is 906. The fraction of sp³-hybridized carbons (Fsp3) is 0.125. The van der Waals surface area contributed by atoms with Crippen molar-refractivity contribution >= 4 is 40.4 Å². The Kier molecular flexibility index (Phi) is 4.15. The van der Waals surface area contributed by atoms with E-state index < -0.39 is 5.91 Å². The van der Waals surface area contributed by atoms with Crippen LogP contribution < -0.4 is 5.32 Å². The molecule has 0 unspecified atom stereocenters. The number of aromatic nitrogens is 2. The van der Waals surface area contributed by atoms with Crippen LogP contribution >= 0.6 is 23.2 Å². The maximum atomic E-state index is 12.7. The standard InChI is InChI=1S/C16H13Cl2N3O2/c1-2-11-15(21-8-10(18)4-6-14(21)19-11)16(23)20-12-7-9(17)3-5-13(12)22/h3-8,22H,2H2,1H3,(H,20,23). The number of halogens is 2. The zero-order valence-corrected chi connectivity index (χ0v) is 13.7. The van der Waals surface area contributed by atoms with Gasteiger partial charge in [0.05, 0.1) is 16.4 Å². The zero-order valence-electron chi connectivity index (χ0n) is 12.2. The van der Waals surface area contributed by atoms with Crippen LogP contribution in [-0.4, -0.2) is 20.4 Å². The maximum Gasteiger partial charge on any atom is 0.274 e. The molecule has 7 heteroatoms. The molecular weight excluding hydrogens is 337 g/mol. The average molecular weight is 350 g/mol. The normalized spacial score (nSPS) is 10.9. The van der Waals surface area contributed by atoms with Gasteiger partial charge < -0.3 is 10.4 Å².